The van der Waals surface area contributed by atoms with Crippen LogP contribution in [0.1, 0.15) is 0 Å². The van der Waals surface area contributed by atoms with Gasteiger partial charge in [0.25, 0.3) is 0 Å². The summed E-state index contributed by atoms with van der Waals surface area (Å²) in [6.07, 6.45) is 0. The summed E-state index contributed by atoms with van der Waals surface area (Å²) in [6.45, 7) is 0. The van der Waals surface area contributed by atoms with E-state index < -0.39 is 0 Å². The normalized spacial score (nSPS) is 0. The topological polar surface area (TPSA) is 57.0 Å². The molecule has 0 fully saturated rings. The van der Waals surface area contributed by atoms with E-state index in [2.05, 4.69) is 0 Å². The Labute approximate surface area is 75.5 Å². The molecule has 0 saturated carbocycles. The van der Waals surface area contributed by atoms with E-state index in [0.29, 0.717) is 0 Å². The Hall–Kier alpha value is 2.05. The Kier molecular flexibility index (Phi) is 451. The molecule has 0 unspecified atom stereocenters. The van der Waals surface area contributed by atoms with Crippen molar-refractivity contribution in [3.05, 3.63) is 0 Å². The molecular formula is AlO2TiZr+7. The Morgan fingerprint density at radius 1 is 0.800 bits per heavy atom. The molecule has 0 aliphatic heterocycles. The second-order valence-electron chi connectivity index (χ2n) is 0. The molecular weight excluding hydrogens is 198 g/mol. The third-order valence-electron chi connectivity index (χ3n) is 0. The molecule has 16 valence electrons. The van der Waals surface area contributed by atoms with E-state index in [1.807, 2.05) is 0 Å². The summed E-state index contributed by atoms with van der Waals surface area (Å²) in [6, 6.07) is 0. The number of rotatable bonds is 0. The number of hydrogen-bond donors (Lipinski definition) is 0. The molecule has 0 amide bonds. The fourth-order valence-corrected chi connectivity index (χ4v) is 0. The van der Waals surface area contributed by atoms with Crippen molar-refractivity contribution in [2.45, 2.75) is 0 Å². The van der Waals surface area contributed by atoms with Crippen molar-refractivity contribution in [3.8, 4) is 0 Å². The van der Waals surface area contributed by atoms with Crippen LogP contribution in [0.4, 0.5) is 0 Å². The predicted molar refractivity (Wildman–Crippen MR) is 7.13 cm³/mol. The van der Waals surface area contributed by atoms with E-state index in [0.717, 1.165) is 0 Å². The second-order valence-corrected chi connectivity index (χ2v) is 0. The van der Waals surface area contributed by atoms with Gasteiger partial charge in [-0.1, -0.05) is 0 Å². The summed E-state index contributed by atoms with van der Waals surface area (Å²) in [5, 5.41) is 0. The van der Waals surface area contributed by atoms with Crippen LogP contribution in [0.5, 0.6) is 0 Å². The first-order valence-corrected chi connectivity index (χ1v) is 0. The van der Waals surface area contributed by atoms with Gasteiger partial charge < -0.3 is 11.0 Å². The van der Waals surface area contributed by atoms with Gasteiger partial charge in [-0.15, -0.1) is 0 Å². The summed E-state index contributed by atoms with van der Waals surface area (Å²) in [5.74, 6) is 0. The first-order valence-electron chi connectivity index (χ1n) is 0. The predicted octanol–water partition coefficient (Wildman–Crippen LogP) is -0.623. The van der Waals surface area contributed by atoms with Gasteiger partial charge in [0.1, 0.15) is 0 Å². The van der Waals surface area contributed by atoms with Crippen LogP contribution in [0.3, 0.4) is 0 Å². The van der Waals surface area contributed by atoms with Gasteiger partial charge in [-0.2, -0.15) is 0 Å². The second kappa shape index (κ2) is 36.7. The molecule has 2 nitrogen and oxygen atoms in total. The van der Waals surface area contributed by atoms with Crippen molar-refractivity contribution in [1.29, 1.82) is 0 Å². The maximum Gasteiger partial charge on any atom is 4.00 e. The zero-order valence-electron chi connectivity index (χ0n) is 2.39. The van der Waals surface area contributed by atoms with Gasteiger partial charge in [-0.05, 0) is 0 Å². The largest absolute Gasteiger partial charge is 4.00 e. The molecule has 0 aromatic rings. The minimum absolute atomic E-state index is 0. The first kappa shape index (κ1) is 61.4. The molecule has 5 heteroatoms. The molecule has 0 aromatic carbocycles. The first-order chi connectivity index (χ1) is 0. The smallest absolute Gasteiger partial charge is 2.00 e. The molecule has 0 atom stereocenters. The Morgan fingerprint density at radius 2 is 0.800 bits per heavy atom. The third kappa shape index (κ3) is 23.6. The summed E-state index contributed by atoms with van der Waals surface area (Å²) >= 11 is 0. The quantitative estimate of drug-likeness (QED) is 0.465. The van der Waals surface area contributed by atoms with Crippen LogP contribution in [0.25, 0.3) is 0 Å². The maximum atomic E-state index is 0. The van der Waals surface area contributed by atoms with Gasteiger partial charge >= 0.3 is 65.3 Å². The average Bonchev–Trinajstić information content (AvgIpc) is 0. The average molecular weight is 198 g/mol. The zero-order chi connectivity index (χ0) is 0. The summed E-state index contributed by atoms with van der Waals surface area (Å²) in [5.41, 5.74) is 0. The minimum Gasteiger partial charge on any atom is -2.00 e. The van der Waals surface area contributed by atoms with Gasteiger partial charge in [0.15, 0.2) is 0 Å². The monoisotopic (exact) mass is 197 g/mol. The van der Waals surface area contributed by atoms with Crippen LogP contribution < -0.4 is 0 Å². The SMILES string of the molecule is [Al+3].[O-2].[O-2].[Ti+4].[Zr+4]. The fourth-order valence-electron chi connectivity index (χ4n) is 0. The molecule has 0 aromatic heterocycles. The van der Waals surface area contributed by atoms with Crippen molar-refractivity contribution in [1.82, 2.24) is 0 Å². The Morgan fingerprint density at radius 3 is 0.800 bits per heavy atom. The van der Waals surface area contributed by atoms with Crippen LogP contribution in [-0.2, 0) is 58.9 Å². The summed E-state index contributed by atoms with van der Waals surface area (Å²) < 4.78 is 0. The van der Waals surface area contributed by atoms with Crippen molar-refractivity contribution in [3.63, 3.8) is 0 Å². The van der Waals surface area contributed by atoms with E-state index in [1.165, 1.54) is 0 Å². The minimum atomic E-state index is 0. The molecule has 0 bridgehead atoms. The summed E-state index contributed by atoms with van der Waals surface area (Å²) in [4.78, 5) is 0. The van der Waals surface area contributed by atoms with Gasteiger partial charge in [0.05, 0.1) is 0 Å². The van der Waals surface area contributed by atoms with Crippen LogP contribution in [0.15, 0.2) is 0 Å². The Balaban J connectivity index is 0. The molecule has 0 N–H and O–H groups in total. The van der Waals surface area contributed by atoms with E-state index in [9.17, 15) is 0 Å². The van der Waals surface area contributed by atoms with Crippen molar-refractivity contribution in [2.24, 2.45) is 0 Å². The molecule has 0 radical (unpaired) electrons. The maximum absolute atomic E-state index is 0. The van der Waals surface area contributed by atoms with E-state index >= 15 is 0 Å². The van der Waals surface area contributed by atoms with Gasteiger partial charge in [-0.3, -0.25) is 0 Å². The van der Waals surface area contributed by atoms with Gasteiger partial charge in [0.2, 0.25) is 0 Å². The van der Waals surface area contributed by atoms with Gasteiger partial charge in [0, 0.05) is 0 Å². The van der Waals surface area contributed by atoms with E-state index in [1.54, 1.807) is 0 Å². The number of hydrogen-bond acceptors (Lipinski definition) is 0. The molecule has 0 saturated heterocycles. The van der Waals surface area contributed by atoms with E-state index in [4.69, 9.17) is 0 Å². The zero-order valence-corrected chi connectivity index (χ0v) is 7.57. The molecule has 0 aliphatic rings. The van der Waals surface area contributed by atoms with E-state index in [-0.39, 0.29) is 76.2 Å². The van der Waals surface area contributed by atoms with Crippen molar-refractivity contribution in [2.75, 3.05) is 0 Å². The standard InChI is InChI=1S/Al.2O.Ti.Zr/q+3;2*-2;2*+4. The summed E-state index contributed by atoms with van der Waals surface area (Å²) in [7, 11) is 0. The fraction of sp³-hybridized carbons (Fsp3) is 0. The third-order valence-corrected chi connectivity index (χ3v) is 0. The molecule has 0 rings (SSSR count). The van der Waals surface area contributed by atoms with Crippen molar-refractivity contribution < 1.29 is 58.9 Å². The van der Waals surface area contributed by atoms with Crippen molar-refractivity contribution >= 4 is 17.4 Å². The molecule has 0 heterocycles. The van der Waals surface area contributed by atoms with Crippen LogP contribution in [-0.4, -0.2) is 17.4 Å². The van der Waals surface area contributed by atoms with Crippen LogP contribution in [0.2, 0.25) is 0 Å². The Bertz CT molecular complexity index is 9.61. The van der Waals surface area contributed by atoms with Gasteiger partial charge in [-0.25, -0.2) is 0 Å². The van der Waals surface area contributed by atoms with Crippen LogP contribution >= 0.6 is 0 Å². The molecule has 5 heavy (non-hydrogen) atoms. The molecule has 0 spiro atoms. The molecule has 0 aliphatic carbocycles. The van der Waals surface area contributed by atoms with Crippen LogP contribution in [0, 0.1) is 0 Å².